The molecule has 6 heteroatoms. The molecule has 2 fully saturated rings. The van der Waals surface area contributed by atoms with Gasteiger partial charge in [0.2, 0.25) is 5.91 Å². The molecule has 4 rings (SSSR count). The van der Waals surface area contributed by atoms with Crippen LogP contribution in [0, 0.1) is 13.8 Å². The van der Waals surface area contributed by atoms with E-state index in [2.05, 4.69) is 53.3 Å². The van der Waals surface area contributed by atoms with Crippen LogP contribution >= 0.6 is 0 Å². The Morgan fingerprint density at radius 1 is 1.10 bits per heavy atom. The summed E-state index contributed by atoms with van der Waals surface area (Å²) in [5, 5.41) is 3.14. The minimum Gasteiger partial charge on any atom is -0.381 e. The van der Waals surface area contributed by atoms with Gasteiger partial charge >= 0.3 is 0 Å². The van der Waals surface area contributed by atoms with Gasteiger partial charge in [-0.15, -0.1) is 0 Å². The van der Waals surface area contributed by atoms with Crippen molar-refractivity contribution in [1.82, 2.24) is 14.9 Å². The zero-order valence-electron chi connectivity index (χ0n) is 19.2. The van der Waals surface area contributed by atoms with Crippen molar-refractivity contribution in [3.63, 3.8) is 0 Å². The molecule has 0 spiro atoms. The molecule has 1 aromatic heterocycles. The largest absolute Gasteiger partial charge is 0.381 e. The van der Waals surface area contributed by atoms with Gasteiger partial charge in [-0.1, -0.05) is 36.8 Å². The SMILES string of the molecule is CNc1cc([C@]2(C)CCCN(C(=O)C3(c4ccc(C)cc4)CCOCC3)C2)nc(C)n1. The van der Waals surface area contributed by atoms with Crippen molar-refractivity contribution in [2.45, 2.75) is 57.3 Å². The average molecular weight is 423 g/mol. The van der Waals surface area contributed by atoms with Crippen molar-refractivity contribution in [3.8, 4) is 0 Å². The number of carbonyl (C=O) groups is 1. The van der Waals surface area contributed by atoms with Crippen LogP contribution in [0.2, 0.25) is 0 Å². The Balaban J connectivity index is 1.65. The minimum absolute atomic E-state index is 0.188. The first-order valence-electron chi connectivity index (χ1n) is 11.3. The number of hydrogen-bond acceptors (Lipinski definition) is 5. The van der Waals surface area contributed by atoms with Crippen LogP contribution in [0.3, 0.4) is 0 Å². The van der Waals surface area contributed by atoms with Gasteiger partial charge in [0.15, 0.2) is 0 Å². The lowest BCUT2D eigenvalue weighted by molar-refractivity contribution is -0.143. The number of rotatable bonds is 4. The molecule has 2 saturated heterocycles. The molecule has 0 radical (unpaired) electrons. The molecule has 2 aliphatic rings. The summed E-state index contributed by atoms with van der Waals surface area (Å²) in [6, 6.07) is 10.5. The Kier molecular flexibility index (Phi) is 6.02. The van der Waals surface area contributed by atoms with Gasteiger partial charge in [-0.25, -0.2) is 9.97 Å². The Morgan fingerprint density at radius 2 is 1.81 bits per heavy atom. The van der Waals surface area contributed by atoms with Crippen LogP contribution in [0.5, 0.6) is 0 Å². The van der Waals surface area contributed by atoms with Gasteiger partial charge in [-0.3, -0.25) is 4.79 Å². The second-order valence-corrected chi connectivity index (χ2v) is 9.39. The van der Waals surface area contributed by atoms with Crippen molar-refractivity contribution in [2.75, 3.05) is 38.7 Å². The molecule has 0 aliphatic carbocycles. The second kappa shape index (κ2) is 8.58. The smallest absolute Gasteiger partial charge is 0.233 e. The molecule has 6 nitrogen and oxygen atoms in total. The molecular weight excluding hydrogens is 388 g/mol. The number of aryl methyl sites for hydroxylation is 2. The second-order valence-electron chi connectivity index (χ2n) is 9.39. The van der Waals surface area contributed by atoms with Crippen LogP contribution in [-0.2, 0) is 20.4 Å². The van der Waals surface area contributed by atoms with Gasteiger partial charge in [-0.2, -0.15) is 0 Å². The highest BCUT2D eigenvalue weighted by molar-refractivity contribution is 5.88. The minimum atomic E-state index is -0.498. The summed E-state index contributed by atoms with van der Waals surface area (Å²) in [6.45, 7) is 8.97. The van der Waals surface area contributed by atoms with Gasteiger partial charge < -0.3 is 15.0 Å². The van der Waals surface area contributed by atoms with E-state index in [1.54, 1.807) is 0 Å². The zero-order chi connectivity index (χ0) is 22.1. The number of amides is 1. The number of anilines is 1. The average Bonchev–Trinajstić information content (AvgIpc) is 2.79. The summed E-state index contributed by atoms with van der Waals surface area (Å²) < 4.78 is 5.66. The molecule has 3 heterocycles. The van der Waals surface area contributed by atoms with Gasteiger partial charge in [0.05, 0.1) is 11.1 Å². The van der Waals surface area contributed by atoms with Crippen molar-refractivity contribution in [3.05, 3.63) is 53.0 Å². The Labute approximate surface area is 185 Å². The van der Waals surface area contributed by atoms with E-state index >= 15 is 0 Å². The van der Waals surface area contributed by atoms with E-state index in [1.807, 2.05) is 20.0 Å². The summed E-state index contributed by atoms with van der Waals surface area (Å²) >= 11 is 0. The number of nitrogens with zero attached hydrogens (tertiary/aromatic N) is 3. The number of benzene rings is 1. The number of likely N-dealkylation sites (tertiary alicyclic amines) is 1. The van der Waals surface area contributed by atoms with E-state index in [1.165, 1.54) is 5.56 Å². The Bertz CT molecular complexity index is 937. The Hall–Kier alpha value is -2.47. The molecule has 0 unspecified atom stereocenters. The summed E-state index contributed by atoms with van der Waals surface area (Å²) in [6.07, 6.45) is 3.45. The topological polar surface area (TPSA) is 67.4 Å². The van der Waals surface area contributed by atoms with Gasteiger partial charge in [0.25, 0.3) is 0 Å². The molecule has 0 saturated carbocycles. The van der Waals surface area contributed by atoms with Crippen LogP contribution in [-0.4, -0.2) is 54.1 Å². The van der Waals surface area contributed by atoms with E-state index in [0.717, 1.165) is 55.1 Å². The highest BCUT2D eigenvalue weighted by atomic mass is 16.5. The molecule has 2 aliphatic heterocycles. The summed E-state index contributed by atoms with van der Waals surface area (Å²) in [5.74, 6) is 1.82. The molecular formula is C25H34N4O2. The predicted molar refractivity (Wildman–Crippen MR) is 122 cm³/mol. The number of aromatic nitrogens is 2. The maximum atomic E-state index is 14.1. The lowest BCUT2D eigenvalue weighted by atomic mass is 9.71. The molecule has 1 amide bonds. The van der Waals surface area contributed by atoms with Crippen molar-refractivity contribution in [2.24, 2.45) is 0 Å². The summed E-state index contributed by atoms with van der Waals surface area (Å²) in [5.41, 5.74) is 2.66. The monoisotopic (exact) mass is 422 g/mol. The van der Waals surface area contributed by atoms with Crippen molar-refractivity contribution < 1.29 is 9.53 Å². The molecule has 1 N–H and O–H groups in total. The van der Waals surface area contributed by atoms with E-state index in [-0.39, 0.29) is 11.3 Å². The van der Waals surface area contributed by atoms with Crippen LogP contribution < -0.4 is 5.32 Å². The Morgan fingerprint density at radius 3 is 2.48 bits per heavy atom. The number of ether oxygens (including phenoxy) is 1. The van der Waals surface area contributed by atoms with Gasteiger partial charge in [0.1, 0.15) is 11.6 Å². The van der Waals surface area contributed by atoms with Crippen molar-refractivity contribution >= 4 is 11.7 Å². The molecule has 166 valence electrons. The third-order valence-electron chi connectivity index (χ3n) is 7.06. The number of nitrogens with one attached hydrogen (secondary N) is 1. The van der Waals surface area contributed by atoms with E-state index in [9.17, 15) is 4.79 Å². The number of carbonyl (C=O) groups excluding carboxylic acids is 1. The fourth-order valence-corrected chi connectivity index (χ4v) is 5.15. The first-order valence-corrected chi connectivity index (χ1v) is 11.3. The lowest BCUT2D eigenvalue weighted by Crippen LogP contribution is -2.55. The first-order chi connectivity index (χ1) is 14.9. The summed E-state index contributed by atoms with van der Waals surface area (Å²) in [4.78, 5) is 25.4. The molecule has 1 aromatic carbocycles. The van der Waals surface area contributed by atoms with Crippen molar-refractivity contribution in [1.29, 1.82) is 0 Å². The van der Waals surface area contributed by atoms with E-state index in [4.69, 9.17) is 9.72 Å². The lowest BCUT2D eigenvalue weighted by Gasteiger charge is -2.45. The molecule has 1 atom stereocenters. The normalized spacial score (nSPS) is 23.4. The van der Waals surface area contributed by atoms with Gasteiger partial charge in [0, 0.05) is 44.8 Å². The third-order valence-corrected chi connectivity index (χ3v) is 7.06. The van der Waals surface area contributed by atoms with E-state index in [0.29, 0.717) is 19.8 Å². The van der Waals surface area contributed by atoms with Crippen LogP contribution in [0.1, 0.15) is 55.3 Å². The molecule has 0 bridgehead atoms. The fraction of sp³-hybridized carbons (Fsp3) is 0.560. The number of piperidine rings is 1. The van der Waals surface area contributed by atoms with E-state index < -0.39 is 5.41 Å². The highest BCUT2D eigenvalue weighted by Crippen LogP contribution is 2.40. The predicted octanol–water partition coefficient (Wildman–Crippen LogP) is 3.76. The van der Waals surface area contributed by atoms with Crippen LogP contribution in [0.25, 0.3) is 0 Å². The molecule has 2 aromatic rings. The standard InChI is InChI=1S/C25H34N4O2/c1-18-6-8-20(9-7-18)25(11-14-31-15-12-25)23(30)29-13-5-10-24(3,17-29)21-16-22(26-4)28-19(2)27-21/h6-9,16H,5,10-15,17H2,1-4H3,(H,26,27,28)/t24-/m1/s1. The maximum absolute atomic E-state index is 14.1. The van der Waals surface area contributed by atoms with Gasteiger partial charge in [-0.05, 0) is 45.1 Å². The summed E-state index contributed by atoms with van der Waals surface area (Å²) in [7, 11) is 1.88. The highest BCUT2D eigenvalue weighted by Gasteiger charge is 2.46. The quantitative estimate of drug-likeness (QED) is 0.813. The number of hydrogen-bond donors (Lipinski definition) is 1. The first kappa shape index (κ1) is 21.8. The zero-order valence-corrected chi connectivity index (χ0v) is 19.2. The third kappa shape index (κ3) is 4.18. The molecule has 31 heavy (non-hydrogen) atoms. The fourth-order valence-electron chi connectivity index (χ4n) is 5.15. The maximum Gasteiger partial charge on any atom is 0.233 e. The van der Waals surface area contributed by atoms with Crippen LogP contribution in [0.15, 0.2) is 30.3 Å². The van der Waals surface area contributed by atoms with Crippen LogP contribution in [0.4, 0.5) is 5.82 Å².